The lowest BCUT2D eigenvalue weighted by atomic mass is 9.80. The SMILES string of the molecule is COC(=O)[C@@H]1CCC[C@@H]2SCC[C@H](NC(=O)[C@H](CC[C@H](Cc3ccccc3)C(=O)N[C@@H]3C(=O)N(c4ccccc4)CCCC3(C)C)Cc3ccccc3)C(=O)N21. The van der Waals surface area contributed by atoms with Crippen LogP contribution in [0.2, 0.25) is 0 Å². The summed E-state index contributed by atoms with van der Waals surface area (Å²) in [5.74, 6) is -1.65. The molecule has 298 valence electrons. The van der Waals surface area contributed by atoms with Crippen LogP contribution in [0.1, 0.15) is 76.3 Å². The van der Waals surface area contributed by atoms with Gasteiger partial charge in [-0.3, -0.25) is 19.2 Å². The highest BCUT2D eigenvalue weighted by atomic mass is 32.2. The van der Waals surface area contributed by atoms with Crippen molar-refractivity contribution in [2.24, 2.45) is 17.3 Å². The van der Waals surface area contributed by atoms with Crippen molar-refractivity contribution in [1.29, 1.82) is 0 Å². The molecule has 0 aromatic heterocycles. The zero-order chi connectivity index (χ0) is 39.7. The number of benzene rings is 3. The number of esters is 1. The maximum atomic E-state index is 14.5. The fourth-order valence-corrected chi connectivity index (χ4v) is 9.90. The predicted octanol–water partition coefficient (Wildman–Crippen LogP) is 6.32. The fraction of sp³-hybridized carbons (Fsp3) is 0.489. The van der Waals surface area contributed by atoms with Crippen LogP contribution in [0.5, 0.6) is 0 Å². The Labute approximate surface area is 335 Å². The molecule has 11 heteroatoms. The van der Waals surface area contributed by atoms with Crippen molar-refractivity contribution in [3.8, 4) is 0 Å². The molecule has 3 saturated heterocycles. The Morgan fingerprint density at radius 3 is 1.93 bits per heavy atom. The molecule has 0 bridgehead atoms. The van der Waals surface area contributed by atoms with Gasteiger partial charge in [-0.25, -0.2) is 4.79 Å². The van der Waals surface area contributed by atoms with Gasteiger partial charge in [-0.1, -0.05) is 92.7 Å². The molecule has 3 fully saturated rings. The second-order valence-electron chi connectivity index (χ2n) is 16.1. The van der Waals surface area contributed by atoms with Crippen molar-refractivity contribution in [2.75, 3.05) is 24.3 Å². The van der Waals surface area contributed by atoms with Gasteiger partial charge >= 0.3 is 5.97 Å². The standard InChI is InChI=1S/C45H56N4O6S/c1-45(2)26-14-27-48(35-19-11-6-12-20-35)43(53)39(45)47-41(51)34(30-32-17-9-5-10-18-32)24-23-33(29-31-15-7-4-8-16-31)40(50)46-36-25-28-56-38-22-13-21-37(44(54)55-3)49(38)42(36)52/h4-12,15-20,33-34,36-39H,13-14,21-30H2,1-3H3,(H,46,50)(H,47,51)/t33-,34-,36+,37+,38+,39-/m1/s1. The number of piperidine rings is 1. The Morgan fingerprint density at radius 1 is 0.768 bits per heavy atom. The van der Waals surface area contributed by atoms with Crippen LogP contribution >= 0.6 is 11.8 Å². The molecule has 2 N–H and O–H groups in total. The third-order valence-electron chi connectivity index (χ3n) is 11.7. The largest absolute Gasteiger partial charge is 0.467 e. The lowest BCUT2D eigenvalue weighted by molar-refractivity contribution is -0.156. The van der Waals surface area contributed by atoms with Gasteiger partial charge in [0.25, 0.3) is 0 Å². The van der Waals surface area contributed by atoms with E-state index in [1.54, 1.807) is 21.6 Å². The van der Waals surface area contributed by atoms with Crippen molar-refractivity contribution in [3.63, 3.8) is 0 Å². The van der Waals surface area contributed by atoms with Gasteiger partial charge in [0.1, 0.15) is 18.1 Å². The maximum absolute atomic E-state index is 14.5. The first kappa shape index (κ1) is 41.0. The number of para-hydroxylation sites is 1. The molecular formula is C45H56N4O6S. The molecule has 3 aromatic carbocycles. The summed E-state index contributed by atoms with van der Waals surface area (Å²) in [7, 11) is 1.34. The third-order valence-corrected chi connectivity index (χ3v) is 13.1. The molecule has 3 aromatic rings. The summed E-state index contributed by atoms with van der Waals surface area (Å²) in [6.07, 6.45) is 5.84. The van der Waals surface area contributed by atoms with E-state index in [1.165, 1.54) is 7.11 Å². The highest BCUT2D eigenvalue weighted by molar-refractivity contribution is 7.99. The number of carbonyl (C=O) groups excluding carboxylic acids is 5. The van der Waals surface area contributed by atoms with Gasteiger partial charge in [-0.2, -0.15) is 0 Å². The van der Waals surface area contributed by atoms with E-state index >= 15 is 0 Å². The molecule has 3 aliphatic heterocycles. The normalized spacial score (nSPS) is 23.5. The molecule has 6 atom stereocenters. The molecule has 4 amide bonds. The second kappa shape index (κ2) is 19.0. The summed E-state index contributed by atoms with van der Waals surface area (Å²) < 4.78 is 5.08. The van der Waals surface area contributed by atoms with Crippen LogP contribution in [0.15, 0.2) is 91.0 Å². The van der Waals surface area contributed by atoms with Gasteiger partial charge in [-0.15, -0.1) is 11.8 Å². The summed E-state index contributed by atoms with van der Waals surface area (Å²) in [5, 5.41) is 6.19. The van der Waals surface area contributed by atoms with Crippen LogP contribution in [0.4, 0.5) is 5.69 Å². The van der Waals surface area contributed by atoms with E-state index in [9.17, 15) is 24.0 Å². The number of thioether (sulfide) groups is 1. The first-order valence-corrected chi connectivity index (χ1v) is 21.2. The molecular weight excluding hydrogens is 725 g/mol. The van der Waals surface area contributed by atoms with E-state index in [4.69, 9.17) is 4.74 Å². The number of nitrogens with one attached hydrogen (secondary N) is 2. The molecule has 0 aliphatic carbocycles. The number of nitrogens with zero attached hydrogens (tertiary/aromatic N) is 2. The maximum Gasteiger partial charge on any atom is 0.328 e. The number of fused-ring (bicyclic) bond motifs is 1. The van der Waals surface area contributed by atoms with Crippen molar-refractivity contribution in [1.82, 2.24) is 15.5 Å². The Morgan fingerprint density at radius 2 is 1.34 bits per heavy atom. The minimum absolute atomic E-state index is 0.122. The summed E-state index contributed by atoms with van der Waals surface area (Å²) in [6.45, 7) is 4.67. The van der Waals surface area contributed by atoms with Crippen LogP contribution in [-0.4, -0.2) is 77.4 Å². The minimum atomic E-state index is -0.775. The number of amides is 4. The topological polar surface area (TPSA) is 125 Å². The van der Waals surface area contributed by atoms with Gasteiger partial charge in [0.2, 0.25) is 23.6 Å². The summed E-state index contributed by atoms with van der Waals surface area (Å²) in [5.41, 5.74) is 2.31. The van der Waals surface area contributed by atoms with E-state index in [0.717, 1.165) is 42.5 Å². The van der Waals surface area contributed by atoms with Crippen LogP contribution < -0.4 is 15.5 Å². The third kappa shape index (κ3) is 10.0. The summed E-state index contributed by atoms with van der Waals surface area (Å²) >= 11 is 1.65. The monoisotopic (exact) mass is 780 g/mol. The smallest absolute Gasteiger partial charge is 0.328 e. The van der Waals surface area contributed by atoms with Crippen molar-refractivity contribution >= 4 is 47.0 Å². The number of methoxy groups -OCH3 is 1. The van der Waals surface area contributed by atoms with E-state index in [-0.39, 0.29) is 29.0 Å². The van der Waals surface area contributed by atoms with Gasteiger partial charge < -0.3 is 25.2 Å². The number of ether oxygens (including phenoxy) is 1. The van der Waals surface area contributed by atoms with Crippen LogP contribution in [-0.2, 0) is 41.6 Å². The first-order valence-electron chi connectivity index (χ1n) is 20.1. The Balaban J connectivity index is 1.23. The fourth-order valence-electron chi connectivity index (χ4n) is 8.51. The Kier molecular flexibility index (Phi) is 13.9. The molecule has 3 aliphatic rings. The van der Waals surface area contributed by atoms with Crippen molar-refractivity contribution < 1.29 is 28.7 Å². The average molecular weight is 781 g/mol. The molecule has 56 heavy (non-hydrogen) atoms. The van der Waals surface area contributed by atoms with Crippen molar-refractivity contribution in [3.05, 3.63) is 102 Å². The number of rotatable bonds is 13. The summed E-state index contributed by atoms with van der Waals surface area (Å²) in [4.78, 5) is 73.4. The van der Waals surface area contributed by atoms with Crippen LogP contribution in [0, 0.1) is 17.3 Å². The predicted molar refractivity (Wildman–Crippen MR) is 220 cm³/mol. The van der Waals surface area contributed by atoms with E-state index in [1.807, 2.05) is 105 Å². The van der Waals surface area contributed by atoms with Crippen LogP contribution in [0.25, 0.3) is 0 Å². The van der Waals surface area contributed by atoms with E-state index in [0.29, 0.717) is 50.8 Å². The first-order chi connectivity index (χ1) is 27.1. The molecule has 0 spiro atoms. The highest BCUT2D eigenvalue weighted by Gasteiger charge is 2.45. The molecule has 0 radical (unpaired) electrons. The lowest BCUT2D eigenvalue weighted by Crippen LogP contribution is -2.57. The van der Waals surface area contributed by atoms with Gasteiger partial charge in [0.15, 0.2) is 0 Å². The van der Waals surface area contributed by atoms with Gasteiger partial charge in [0.05, 0.1) is 12.5 Å². The summed E-state index contributed by atoms with van der Waals surface area (Å²) in [6, 6.07) is 27.1. The second-order valence-corrected chi connectivity index (χ2v) is 17.4. The minimum Gasteiger partial charge on any atom is -0.467 e. The molecule has 10 nitrogen and oxygen atoms in total. The quantitative estimate of drug-likeness (QED) is 0.195. The zero-order valence-electron chi connectivity index (χ0n) is 32.9. The van der Waals surface area contributed by atoms with Gasteiger partial charge in [0, 0.05) is 24.1 Å². The van der Waals surface area contributed by atoms with Crippen molar-refractivity contribution in [2.45, 2.75) is 102 Å². The molecule has 0 saturated carbocycles. The number of carbonyl (C=O) groups is 5. The Hall–Kier alpha value is -4.64. The van der Waals surface area contributed by atoms with Crippen LogP contribution in [0.3, 0.4) is 0 Å². The molecule has 6 rings (SSSR count). The average Bonchev–Trinajstić information content (AvgIpc) is 3.44. The number of hydrogen-bond acceptors (Lipinski definition) is 7. The van der Waals surface area contributed by atoms with E-state index < -0.39 is 41.3 Å². The number of hydrogen-bond donors (Lipinski definition) is 2. The Bertz CT molecular complexity index is 1810. The number of anilines is 1. The molecule has 0 unspecified atom stereocenters. The zero-order valence-corrected chi connectivity index (χ0v) is 33.7. The van der Waals surface area contributed by atoms with Gasteiger partial charge in [-0.05, 0) is 98.6 Å². The lowest BCUT2D eigenvalue weighted by Gasteiger charge is -2.40. The molecule has 3 heterocycles. The highest BCUT2D eigenvalue weighted by Crippen LogP contribution is 2.36. The van der Waals surface area contributed by atoms with E-state index in [2.05, 4.69) is 10.6 Å².